The van der Waals surface area contributed by atoms with Gasteiger partial charge in [-0.25, -0.2) is 4.98 Å². The monoisotopic (exact) mass is 274 g/mol. The normalized spacial score (nSPS) is 21.1. The van der Waals surface area contributed by atoms with Crippen molar-refractivity contribution in [1.29, 1.82) is 0 Å². The van der Waals surface area contributed by atoms with E-state index in [1.54, 1.807) is 0 Å². The minimum absolute atomic E-state index is 0.626. The molecule has 0 bridgehead atoms. The summed E-state index contributed by atoms with van der Waals surface area (Å²) in [5, 5.41) is 3.60. The molecule has 1 aliphatic heterocycles. The largest absolute Gasteiger partial charge is 0.356 e. The fourth-order valence-electron chi connectivity index (χ4n) is 2.98. The summed E-state index contributed by atoms with van der Waals surface area (Å²) >= 11 is 0. The highest BCUT2D eigenvalue weighted by Gasteiger charge is 2.24. The van der Waals surface area contributed by atoms with E-state index in [1.807, 2.05) is 6.20 Å². The summed E-state index contributed by atoms with van der Waals surface area (Å²) in [6, 6.07) is 5.64. The zero-order valence-electron chi connectivity index (χ0n) is 12.7. The molecule has 0 spiro atoms. The first-order chi connectivity index (χ1) is 9.74. The molecule has 1 saturated heterocycles. The molecule has 4 nitrogen and oxygen atoms in total. The van der Waals surface area contributed by atoms with Crippen molar-refractivity contribution in [2.75, 3.05) is 32.1 Å². The predicted molar refractivity (Wildman–Crippen MR) is 83.0 cm³/mol. The fourth-order valence-corrected chi connectivity index (χ4v) is 2.98. The first kappa shape index (κ1) is 13.8. The van der Waals surface area contributed by atoms with Gasteiger partial charge >= 0.3 is 0 Å². The number of piperidine rings is 1. The van der Waals surface area contributed by atoms with Crippen molar-refractivity contribution in [2.45, 2.75) is 44.3 Å². The summed E-state index contributed by atoms with van der Waals surface area (Å²) in [4.78, 5) is 9.46. The van der Waals surface area contributed by atoms with Crippen LogP contribution in [-0.4, -0.2) is 49.2 Å². The molecular formula is C16H26N4. The summed E-state index contributed by atoms with van der Waals surface area (Å²) in [6.45, 7) is 3.33. The third-order valence-corrected chi connectivity index (χ3v) is 4.60. The Labute approximate surface area is 122 Å². The van der Waals surface area contributed by atoms with Gasteiger partial charge in [0.15, 0.2) is 0 Å². The van der Waals surface area contributed by atoms with E-state index in [9.17, 15) is 0 Å². The van der Waals surface area contributed by atoms with Crippen LogP contribution in [0, 0.1) is 0 Å². The number of nitrogens with one attached hydrogen (secondary N) is 1. The maximum atomic E-state index is 4.64. The molecule has 2 aliphatic rings. The first-order valence-electron chi connectivity index (χ1n) is 7.82. The molecule has 1 saturated carbocycles. The molecule has 0 unspecified atom stereocenters. The molecule has 1 aromatic heterocycles. The second kappa shape index (κ2) is 6.10. The average Bonchev–Trinajstić information content (AvgIpc) is 3.30. The van der Waals surface area contributed by atoms with Crippen molar-refractivity contribution in [2.24, 2.45) is 0 Å². The Balaban J connectivity index is 1.67. The van der Waals surface area contributed by atoms with Gasteiger partial charge in [-0.1, -0.05) is 6.07 Å². The summed E-state index contributed by atoms with van der Waals surface area (Å²) in [5.74, 6) is 1.16. The van der Waals surface area contributed by atoms with Crippen LogP contribution in [0.1, 0.15) is 31.2 Å². The van der Waals surface area contributed by atoms with Gasteiger partial charge < -0.3 is 15.1 Å². The number of rotatable bonds is 5. The molecule has 1 aliphatic carbocycles. The highest BCUT2D eigenvalue weighted by atomic mass is 15.2. The van der Waals surface area contributed by atoms with E-state index in [0.717, 1.165) is 18.4 Å². The first-order valence-corrected chi connectivity index (χ1v) is 7.82. The third kappa shape index (κ3) is 3.30. The number of nitrogens with zero attached hydrogens (tertiary/aromatic N) is 3. The predicted octanol–water partition coefficient (Wildman–Crippen LogP) is 1.86. The van der Waals surface area contributed by atoms with Gasteiger partial charge in [-0.2, -0.15) is 0 Å². The third-order valence-electron chi connectivity index (χ3n) is 4.60. The number of anilines is 1. The minimum Gasteiger partial charge on any atom is -0.356 e. The Bertz CT molecular complexity index is 436. The Morgan fingerprint density at radius 3 is 2.75 bits per heavy atom. The van der Waals surface area contributed by atoms with Gasteiger partial charge in [0.25, 0.3) is 0 Å². The van der Waals surface area contributed by atoms with Gasteiger partial charge in [0, 0.05) is 37.4 Å². The van der Waals surface area contributed by atoms with E-state index in [2.05, 4.69) is 46.3 Å². The lowest BCUT2D eigenvalue weighted by Gasteiger charge is -2.36. The van der Waals surface area contributed by atoms with Crippen LogP contribution >= 0.6 is 0 Å². The summed E-state index contributed by atoms with van der Waals surface area (Å²) in [6.07, 6.45) is 7.06. The van der Waals surface area contributed by atoms with E-state index in [4.69, 9.17) is 0 Å². The molecule has 1 N–H and O–H groups in total. The lowest BCUT2D eigenvalue weighted by molar-refractivity contribution is 0.252. The van der Waals surface area contributed by atoms with Crippen LogP contribution in [0.2, 0.25) is 0 Å². The van der Waals surface area contributed by atoms with Gasteiger partial charge in [-0.3, -0.25) is 0 Å². The Morgan fingerprint density at radius 2 is 2.05 bits per heavy atom. The maximum Gasteiger partial charge on any atom is 0.133 e. The van der Waals surface area contributed by atoms with E-state index in [0.29, 0.717) is 6.04 Å². The number of hydrogen-bond acceptors (Lipinski definition) is 4. The molecule has 0 aromatic carbocycles. The highest BCUT2D eigenvalue weighted by Crippen LogP contribution is 2.25. The van der Waals surface area contributed by atoms with Crippen molar-refractivity contribution in [3.63, 3.8) is 0 Å². The zero-order chi connectivity index (χ0) is 13.9. The van der Waals surface area contributed by atoms with Crippen LogP contribution in [0.3, 0.4) is 0 Å². The molecule has 0 amide bonds. The summed E-state index contributed by atoms with van der Waals surface area (Å²) < 4.78 is 0. The zero-order valence-corrected chi connectivity index (χ0v) is 12.7. The smallest absolute Gasteiger partial charge is 0.133 e. The SMILES string of the molecule is CN1CCC(N(C)c2ncccc2CNC2CC2)CC1. The van der Waals surface area contributed by atoms with E-state index in [-0.39, 0.29) is 0 Å². The van der Waals surface area contributed by atoms with Crippen LogP contribution in [0.25, 0.3) is 0 Å². The number of likely N-dealkylation sites (tertiary alicyclic amines) is 1. The quantitative estimate of drug-likeness (QED) is 0.888. The van der Waals surface area contributed by atoms with E-state index in [1.165, 1.54) is 44.3 Å². The second-order valence-corrected chi connectivity index (χ2v) is 6.29. The molecule has 110 valence electrons. The maximum absolute atomic E-state index is 4.64. The van der Waals surface area contributed by atoms with Crippen molar-refractivity contribution < 1.29 is 0 Å². The van der Waals surface area contributed by atoms with E-state index >= 15 is 0 Å². The van der Waals surface area contributed by atoms with Crippen LogP contribution in [0.4, 0.5) is 5.82 Å². The van der Waals surface area contributed by atoms with Gasteiger partial charge in [-0.05, 0) is 51.9 Å². The Kier molecular flexibility index (Phi) is 4.22. The van der Waals surface area contributed by atoms with Crippen LogP contribution in [0.15, 0.2) is 18.3 Å². The summed E-state index contributed by atoms with van der Waals surface area (Å²) in [5.41, 5.74) is 1.33. The van der Waals surface area contributed by atoms with Gasteiger partial charge in [0.05, 0.1) is 0 Å². The lowest BCUT2D eigenvalue weighted by Crippen LogP contribution is -2.42. The highest BCUT2D eigenvalue weighted by molar-refractivity contribution is 5.47. The molecular weight excluding hydrogens is 248 g/mol. The fraction of sp³-hybridized carbons (Fsp3) is 0.688. The van der Waals surface area contributed by atoms with Gasteiger partial charge in [-0.15, -0.1) is 0 Å². The molecule has 4 heteroatoms. The standard InChI is InChI=1S/C16H26N4/c1-19-10-7-15(8-11-19)20(2)16-13(4-3-9-17-16)12-18-14-5-6-14/h3-4,9,14-15,18H,5-8,10-12H2,1-2H3. The number of aromatic nitrogens is 1. The van der Waals surface area contributed by atoms with Crippen LogP contribution in [-0.2, 0) is 6.54 Å². The van der Waals surface area contributed by atoms with Crippen molar-refractivity contribution in [3.8, 4) is 0 Å². The van der Waals surface area contributed by atoms with Gasteiger partial charge in [0.2, 0.25) is 0 Å². The molecule has 2 fully saturated rings. The minimum atomic E-state index is 0.626. The van der Waals surface area contributed by atoms with Crippen LogP contribution < -0.4 is 10.2 Å². The van der Waals surface area contributed by atoms with Crippen molar-refractivity contribution in [1.82, 2.24) is 15.2 Å². The lowest BCUT2D eigenvalue weighted by atomic mass is 10.0. The van der Waals surface area contributed by atoms with Crippen molar-refractivity contribution in [3.05, 3.63) is 23.9 Å². The molecule has 0 radical (unpaired) electrons. The average molecular weight is 274 g/mol. The van der Waals surface area contributed by atoms with E-state index < -0.39 is 0 Å². The molecule has 20 heavy (non-hydrogen) atoms. The number of pyridine rings is 1. The molecule has 2 heterocycles. The van der Waals surface area contributed by atoms with Gasteiger partial charge in [0.1, 0.15) is 5.82 Å². The summed E-state index contributed by atoms with van der Waals surface area (Å²) in [7, 11) is 4.42. The second-order valence-electron chi connectivity index (χ2n) is 6.29. The molecule has 0 atom stereocenters. The Hall–Kier alpha value is -1.13. The molecule has 1 aromatic rings. The van der Waals surface area contributed by atoms with Crippen LogP contribution in [0.5, 0.6) is 0 Å². The Morgan fingerprint density at radius 1 is 1.30 bits per heavy atom. The topological polar surface area (TPSA) is 31.4 Å². The van der Waals surface area contributed by atoms with Crippen molar-refractivity contribution >= 4 is 5.82 Å². The number of hydrogen-bond donors (Lipinski definition) is 1. The molecule has 3 rings (SSSR count).